The Morgan fingerprint density at radius 2 is 1.94 bits per heavy atom. The van der Waals surface area contributed by atoms with Gasteiger partial charge < -0.3 is 19.3 Å². The van der Waals surface area contributed by atoms with Crippen LogP contribution < -0.4 is 10.2 Å². The van der Waals surface area contributed by atoms with E-state index in [0.717, 1.165) is 55.7 Å². The molecule has 1 amide bonds. The number of likely N-dealkylation sites (tertiary alicyclic amines) is 2. The van der Waals surface area contributed by atoms with Crippen molar-refractivity contribution in [3.8, 4) is 17.3 Å². The number of carbonyl (C=O) groups is 1. The summed E-state index contributed by atoms with van der Waals surface area (Å²) >= 11 is 0.873. The van der Waals surface area contributed by atoms with Crippen molar-refractivity contribution in [3.63, 3.8) is 0 Å². The summed E-state index contributed by atoms with van der Waals surface area (Å²) in [6.45, 7) is 9.18. The summed E-state index contributed by atoms with van der Waals surface area (Å²) in [5, 5.41) is 13.5. The van der Waals surface area contributed by atoms with Gasteiger partial charge in [-0.15, -0.1) is 11.3 Å². The van der Waals surface area contributed by atoms with Gasteiger partial charge in [0, 0.05) is 66.8 Å². The van der Waals surface area contributed by atoms with E-state index in [9.17, 15) is 10.1 Å². The van der Waals surface area contributed by atoms with Gasteiger partial charge in [0.25, 0.3) is 0 Å². The van der Waals surface area contributed by atoms with Crippen molar-refractivity contribution in [2.45, 2.75) is 70.6 Å². The smallest absolute Gasteiger partial charge is 0.412 e. The van der Waals surface area contributed by atoms with Gasteiger partial charge in [-0.25, -0.2) is 23.5 Å². The summed E-state index contributed by atoms with van der Waals surface area (Å²) in [6, 6.07) is 3.66. The molecule has 4 aliphatic heterocycles. The van der Waals surface area contributed by atoms with Crippen LogP contribution >= 0.6 is 11.3 Å². The molecule has 14 heteroatoms. The van der Waals surface area contributed by atoms with Crippen molar-refractivity contribution in [1.82, 2.24) is 24.8 Å². The Labute approximate surface area is 274 Å². The number of fused-ring (bicyclic) bond motifs is 6. The van der Waals surface area contributed by atoms with Gasteiger partial charge in [-0.3, -0.25) is 15.2 Å². The average Bonchev–Trinajstić information content (AvgIpc) is 3.85. The molecule has 2 bridgehead atoms. The van der Waals surface area contributed by atoms with E-state index >= 15 is 8.78 Å². The lowest BCUT2D eigenvalue weighted by Gasteiger charge is -2.36. The number of likely N-dealkylation sites (N-methyl/N-ethyl adjacent to an activating group) is 1. The number of thiophene rings is 1. The molecule has 0 unspecified atom stereocenters. The fourth-order valence-corrected chi connectivity index (χ4v) is 8.73. The maximum Gasteiger partial charge on any atom is 0.412 e. The van der Waals surface area contributed by atoms with Gasteiger partial charge in [0.1, 0.15) is 22.2 Å². The third-order valence-electron chi connectivity index (χ3n) is 9.79. The van der Waals surface area contributed by atoms with Crippen LogP contribution in [-0.2, 0) is 22.7 Å². The van der Waals surface area contributed by atoms with E-state index in [-0.39, 0.29) is 50.6 Å². The van der Waals surface area contributed by atoms with Gasteiger partial charge in [0.15, 0.2) is 11.6 Å². The lowest BCUT2D eigenvalue weighted by Crippen LogP contribution is -2.50. The molecule has 4 aliphatic rings. The van der Waals surface area contributed by atoms with Crippen molar-refractivity contribution in [3.05, 3.63) is 40.7 Å². The van der Waals surface area contributed by atoms with E-state index in [0.29, 0.717) is 35.0 Å². The van der Waals surface area contributed by atoms with Crippen LogP contribution in [0.15, 0.2) is 12.4 Å². The number of piperazine rings is 1. The molecule has 244 valence electrons. The maximum atomic E-state index is 16.9. The highest BCUT2D eigenvalue weighted by Gasteiger charge is 2.45. The number of ether oxygens (including phenoxy) is 2. The van der Waals surface area contributed by atoms with Crippen molar-refractivity contribution in [2.24, 2.45) is 0 Å². The van der Waals surface area contributed by atoms with Crippen LogP contribution in [0.5, 0.6) is 0 Å². The number of halogens is 2. The lowest BCUT2D eigenvalue weighted by atomic mass is 9.94. The molecule has 8 rings (SSSR count). The van der Waals surface area contributed by atoms with Crippen molar-refractivity contribution in [2.75, 3.05) is 43.4 Å². The number of aromatic nitrogens is 3. The predicted molar refractivity (Wildman–Crippen MR) is 173 cm³/mol. The molecule has 0 aliphatic carbocycles. The number of nitrogens with one attached hydrogen (secondary N) is 1. The molecule has 1 N–H and O–H groups in total. The number of nitrogens with zero attached hydrogens (tertiary/aromatic N) is 7. The van der Waals surface area contributed by atoms with Crippen LogP contribution in [0.4, 0.5) is 24.5 Å². The second kappa shape index (κ2) is 11.0. The molecular formula is C33H34F2N8O3S. The molecule has 0 radical (unpaired) electrons. The zero-order chi connectivity index (χ0) is 32.8. The highest BCUT2D eigenvalue weighted by molar-refractivity contribution is 7.23. The van der Waals surface area contributed by atoms with Gasteiger partial charge in [0.05, 0.1) is 35.4 Å². The minimum absolute atomic E-state index is 0.0293. The molecule has 3 atom stereocenters. The third kappa shape index (κ3) is 4.99. The van der Waals surface area contributed by atoms with Crippen LogP contribution in [0.2, 0.25) is 0 Å². The average molecular weight is 661 g/mol. The molecule has 1 aromatic carbocycles. The number of hydrogen-bond donors (Lipinski definition) is 1. The normalized spacial score (nSPS) is 22.8. The molecule has 3 aromatic heterocycles. The number of hydrogen-bond acceptors (Lipinski definition) is 11. The second-order valence-corrected chi connectivity index (χ2v) is 14.9. The van der Waals surface area contributed by atoms with Crippen LogP contribution in [0.25, 0.3) is 32.2 Å². The molecule has 7 heterocycles. The molecule has 3 saturated heterocycles. The van der Waals surface area contributed by atoms with E-state index in [2.05, 4.69) is 43.1 Å². The molecule has 0 saturated carbocycles. The van der Waals surface area contributed by atoms with E-state index in [1.165, 1.54) is 6.42 Å². The van der Waals surface area contributed by atoms with E-state index in [1.807, 2.05) is 0 Å². The Morgan fingerprint density at radius 3 is 2.66 bits per heavy atom. The number of rotatable bonds is 4. The molecule has 4 aromatic rings. The summed E-state index contributed by atoms with van der Waals surface area (Å²) in [7, 11) is 2.20. The highest BCUT2D eigenvalue weighted by Crippen LogP contribution is 2.46. The van der Waals surface area contributed by atoms with Gasteiger partial charge >= 0.3 is 6.09 Å². The van der Waals surface area contributed by atoms with E-state index < -0.39 is 23.3 Å². The number of amides is 1. The summed E-state index contributed by atoms with van der Waals surface area (Å²) in [5.41, 5.74) is 0.788. The van der Waals surface area contributed by atoms with Gasteiger partial charge in [-0.05, 0) is 51.8 Å². The van der Waals surface area contributed by atoms with Gasteiger partial charge in [0.2, 0.25) is 5.95 Å². The monoisotopic (exact) mass is 660 g/mol. The molecular weight excluding hydrogens is 626 g/mol. The SMILES string of the molecule is CN1C[C@@H]2C[C@H]1CN2[C@@H]1CCN(c2ncc3c4c(c(-c5ncc(F)c6sc(NC(=O)OC(C)(C)C)c(C#N)c56)c(F)c3n2)COC4)C1. The predicted octanol–water partition coefficient (Wildman–Crippen LogP) is 5.40. The zero-order valence-corrected chi connectivity index (χ0v) is 27.4. The minimum atomic E-state index is -0.792. The number of pyridine rings is 1. The summed E-state index contributed by atoms with van der Waals surface area (Å²) < 4.78 is 43.4. The molecule has 0 spiro atoms. The van der Waals surface area contributed by atoms with Crippen LogP contribution in [0.1, 0.15) is 50.3 Å². The molecule has 11 nitrogen and oxygen atoms in total. The largest absolute Gasteiger partial charge is 0.444 e. The van der Waals surface area contributed by atoms with Crippen molar-refractivity contribution < 1.29 is 23.0 Å². The Hall–Kier alpha value is -4.03. The van der Waals surface area contributed by atoms with E-state index in [1.54, 1.807) is 27.0 Å². The van der Waals surface area contributed by atoms with Crippen LogP contribution in [0, 0.1) is 23.0 Å². The minimum Gasteiger partial charge on any atom is -0.444 e. The number of nitriles is 1. The Kier molecular flexibility index (Phi) is 7.10. The summed E-state index contributed by atoms with van der Waals surface area (Å²) in [6.07, 6.45) is 4.09. The van der Waals surface area contributed by atoms with E-state index in [4.69, 9.17) is 14.5 Å². The Balaban J connectivity index is 1.20. The quantitative estimate of drug-likeness (QED) is 0.305. The lowest BCUT2D eigenvalue weighted by molar-refractivity contribution is 0.0636. The van der Waals surface area contributed by atoms with Crippen molar-refractivity contribution in [1.29, 1.82) is 5.26 Å². The van der Waals surface area contributed by atoms with Gasteiger partial charge in [-0.2, -0.15) is 5.26 Å². The first kappa shape index (κ1) is 30.3. The fourth-order valence-electron chi connectivity index (χ4n) is 7.69. The van der Waals surface area contributed by atoms with Gasteiger partial charge in [-0.1, -0.05) is 0 Å². The first-order valence-corrected chi connectivity index (χ1v) is 16.6. The third-order valence-corrected chi connectivity index (χ3v) is 10.9. The Bertz CT molecular complexity index is 2000. The highest BCUT2D eigenvalue weighted by atomic mass is 32.1. The van der Waals surface area contributed by atoms with Crippen LogP contribution in [-0.4, -0.2) is 87.8 Å². The standard InChI is InChI=1S/C33H34F2N8O3S/c1-33(2,3)46-32(44)40-30-19(8-36)25-28(37-10-23(34)29(25)47-30)24-22-15-45-14-21(22)20-9-38-31(39-27(20)26(24)35)42-6-5-16(12-42)43-13-17-7-18(43)11-41(17)4/h9-10,16-18H,5-7,11-15H2,1-4H3,(H,40,44)/t16-,17+,18+/m1/s1. The number of anilines is 2. The topological polar surface area (TPSA) is 120 Å². The fraction of sp³-hybridized carbons (Fsp3) is 0.485. The summed E-state index contributed by atoms with van der Waals surface area (Å²) in [5.74, 6) is -0.872. The molecule has 3 fully saturated rings. The van der Waals surface area contributed by atoms with Crippen molar-refractivity contribution >= 4 is 49.4 Å². The summed E-state index contributed by atoms with van der Waals surface area (Å²) in [4.78, 5) is 33.6. The first-order valence-electron chi connectivity index (χ1n) is 15.8. The molecule has 47 heavy (non-hydrogen) atoms. The zero-order valence-electron chi connectivity index (χ0n) is 26.6. The number of benzene rings is 1. The Morgan fingerprint density at radius 1 is 1.13 bits per heavy atom. The second-order valence-electron chi connectivity index (χ2n) is 13.8. The number of carbonyl (C=O) groups excluding carboxylic acids is 1. The van der Waals surface area contributed by atoms with Crippen LogP contribution in [0.3, 0.4) is 0 Å². The maximum absolute atomic E-state index is 16.9. The first-order chi connectivity index (χ1) is 22.5.